The number of rotatable bonds is 5. The standard InChI is InChI=1S/C21H26N6O4S/c1-15-13-16(2)27(22-15)21(28)17-14-24(3)23-20(17)32(29,30)26-11-9-25(10-12-26)18-7-5-6-8-19(18)31-4/h5-8,13-14H,9-12H2,1-4H3. The first-order chi connectivity index (χ1) is 15.2. The molecule has 0 atom stereocenters. The van der Waals surface area contributed by atoms with Gasteiger partial charge in [-0.3, -0.25) is 9.48 Å². The van der Waals surface area contributed by atoms with Gasteiger partial charge in [0.25, 0.3) is 15.9 Å². The van der Waals surface area contributed by atoms with Crippen molar-refractivity contribution in [3.8, 4) is 5.75 Å². The fourth-order valence-electron chi connectivity index (χ4n) is 3.94. The van der Waals surface area contributed by atoms with Crippen LogP contribution in [0.5, 0.6) is 5.75 Å². The van der Waals surface area contributed by atoms with Gasteiger partial charge in [0.2, 0.25) is 5.03 Å². The van der Waals surface area contributed by atoms with Crippen LogP contribution in [0.15, 0.2) is 41.6 Å². The molecule has 1 aliphatic heterocycles. The first-order valence-electron chi connectivity index (χ1n) is 10.2. The molecule has 32 heavy (non-hydrogen) atoms. The van der Waals surface area contributed by atoms with Crippen molar-refractivity contribution in [1.82, 2.24) is 23.9 Å². The van der Waals surface area contributed by atoms with Crippen molar-refractivity contribution < 1.29 is 17.9 Å². The molecule has 1 aromatic carbocycles. The number of carbonyl (C=O) groups excluding carboxylic acids is 1. The SMILES string of the molecule is COc1ccccc1N1CCN(S(=O)(=O)c2nn(C)cc2C(=O)n2nc(C)cc2C)CC1. The van der Waals surface area contributed by atoms with E-state index in [4.69, 9.17) is 4.74 Å². The maximum absolute atomic E-state index is 13.4. The summed E-state index contributed by atoms with van der Waals surface area (Å²) in [6, 6.07) is 9.41. The molecule has 0 amide bonds. The predicted molar refractivity (Wildman–Crippen MR) is 119 cm³/mol. The van der Waals surface area contributed by atoms with Crippen LogP contribution in [0.3, 0.4) is 0 Å². The summed E-state index contributed by atoms with van der Waals surface area (Å²) < 4.78 is 36.2. The Morgan fingerprint density at radius 1 is 1.06 bits per heavy atom. The van der Waals surface area contributed by atoms with Crippen LogP contribution < -0.4 is 9.64 Å². The fraction of sp³-hybridized carbons (Fsp3) is 0.381. The highest BCUT2D eigenvalue weighted by atomic mass is 32.2. The van der Waals surface area contributed by atoms with E-state index in [1.807, 2.05) is 24.3 Å². The maximum atomic E-state index is 13.4. The molecule has 0 N–H and O–H groups in total. The van der Waals surface area contributed by atoms with Crippen molar-refractivity contribution in [2.45, 2.75) is 18.9 Å². The van der Waals surface area contributed by atoms with Crippen LogP contribution in [0, 0.1) is 13.8 Å². The molecule has 0 bridgehead atoms. The van der Waals surface area contributed by atoms with Crippen LogP contribution in [-0.2, 0) is 17.1 Å². The highest BCUT2D eigenvalue weighted by Crippen LogP contribution is 2.29. The summed E-state index contributed by atoms with van der Waals surface area (Å²) >= 11 is 0. The summed E-state index contributed by atoms with van der Waals surface area (Å²) in [5.41, 5.74) is 2.23. The summed E-state index contributed by atoms with van der Waals surface area (Å²) in [6.07, 6.45) is 1.43. The van der Waals surface area contributed by atoms with E-state index in [9.17, 15) is 13.2 Å². The van der Waals surface area contributed by atoms with Gasteiger partial charge in [-0.1, -0.05) is 12.1 Å². The Labute approximate surface area is 187 Å². The molecule has 0 saturated carbocycles. The number of aryl methyl sites for hydroxylation is 3. The van der Waals surface area contributed by atoms with E-state index in [0.29, 0.717) is 24.5 Å². The van der Waals surface area contributed by atoms with E-state index >= 15 is 0 Å². The minimum absolute atomic E-state index is 0.00542. The number of hydrogen-bond acceptors (Lipinski definition) is 7. The molecule has 170 valence electrons. The van der Waals surface area contributed by atoms with Gasteiger partial charge < -0.3 is 9.64 Å². The van der Waals surface area contributed by atoms with Crippen molar-refractivity contribution in [3.63, 3.8) is 0 Å². The number of para-hydroxylation sites is 2. The molecule has 3 aromatic rings. The van der Waals surface area contributed by atoms with E-state index in [1.165, 1.54) is 19.9 Å². The van der Waals surface area contributed by atoms with E-state index in [-0.39, 0.29) is 23.7 Å². The highest BCUT2D eigenvalue weighted by molar-refractivity contribution is 7.89. The van der Waals surface area contributed by atoms with Gasteiger partial charge in [0.1, 0.15) is 11.3 Å². The number of ether oxygens (including phenoxy) is 1. The minimum atomic E-state index is -3.97. The lowest BCUT2D eigenvalue weighted by Crippen LogP contribution is -2.49. The Morgan fingerprint density at radius 2 is 1.75 bits per heavy atom. The molecule has 4 rings (SSSR count). The van der Waals surface area contributed by atoms with Gasteiger partial charge in [-0.05, 0) is 32.0 Å². The zero-order valence-corrected chi connectivity index (χ0v) is 19.3. The molecule has 0 unspecified atom stereocenters. The lowest BCUT2D eigenvalue weighted by Gasteiger charge is -2.35. The third kappa shape index (κ3) is 3.89. The summed E-state index contributed by atoms with van der Waals surface area (Å²) in [7, 11) is -0.764. The molecule has 1 saturated heterocycles. The summed E-state index contributed by atoms with van der Waals surface area (Å²) in [5.74, 6) is 0.223. The van der Waals surface area contributed by atoms with Crippen LogP contribution in [0.2, 0.25) is 0 Å². The molecule has 2 aromatic heterocycles. The van der Waals surface area contributed by atoms with Gasteiger partial charge in [-0.2, -0.15) is 14.5 Å². The van der Waals surface area contributed by atoms with E-state index in [2.05, 4.69) is 15.1 Å². The molecule has 0 aliphatic carbocycles. The van der Waals surface area contributed by atoms with Gasteiger partial charge >= 0.3 is 0 Å². The Kier molecular flexibility index (Phi) is 5.78. The molecule has 3 heterocycles. The first kappa shape index (κ1) is 22.0. The van der Waals surface area contributed by atoms with Crippen LogP contribution in [0.4, 0.5) is 5.69 Å². The van der Waals surface area contributed by atoms with Crippen molar-refractivity contribution in [2.24, 2.45) is 7.05 Å². The quantitative estimate of drug-likeness (QED) is 0.570. The largest absolute Gasteiger partial charge is 0.495 e. The molecule has 10 nitrogen and oxygen atoms in total. The number of piperazine rings is 1. The van der Waals surface area contributed by atoms with E-state index < -0.39 is 15.9 Å². The maximum Gasteiger partial charge on any atom is 0.283 e. The van der Waals surface area contributed by atoms with E-state index in [0.717, 1.165) is 11.4 Å². The number of aromatic nitrogens is 4. The Bertz CT molecular complexity index is 1260. The number of hydrogen-bond donors (Lipinski definition) is 0. The number of benzene rings is 1. The first-order valence-corrected chi connectivity index (χ1v) is 11.7. The summed E-state index contributed by atoms with van der Waals surface area (Å²) in [6.45, 7) is 5.05. The third-order valence-electron chi connectivity index (χ3n) is 5.48. The number of carbonyl (C=O) groups is 1. The predicted octanol–water partition coefficient (Wildman–Crippen LogP) is 1.44. The van der Waals surface area contributed by atoms with Crippen molar-refractivity contribution in [3.05, 3.63) is 53.5 Å². The Morgan fingerprint density at radius 3 is 2.38 bits per heavy atom. The minimum Gasteiger partial charge on any atom is -0.495 e. The molecular formula is C21H26N6O4S. The number of methoxy groups -OCH3 is 1. The lowest BCUT2D eigenvalue weighted by molar-refractivity contribution is 0.0938. The summed E-state index contributed by atoms with van der Waals surface area (Å²) in [5, 5.41) is 8.08. The highest BCUT2D eigenvalue weighted by Gasteiger charge is 2.35. The van der Waals surface area contributed by atoms with E-state index in [1.54, 1.807) is 34.1 Å². The normalized spacial score (nSPS) is 15.2. The molecule has 1 aliphatic rings. The topological polar surface area (TPSA) is 103 Å². The van der Waals surface area contributed by atoms with Crippen molar-refractivity contribution in [2.75, 3.05) is 38.2 Å². The second kappa shape index (κ2) is 8.40. The average molecular weight is 459 g/mol. The monoisotopic (exact) mass is 458 g/mol. The van der Waals surface area contributed by atoms with Gasteiger partial charge in [0.05, 0.1) is 18.5 Å². The molecule has 0 spiro atoms. The smallest absolute Gasteiger partial charge is 0.283 e. The fourth-order valence-corrected chi connectivity index (χ4v) is 5.48. The van der Waals surface area contributed by atoms with Gasteiger partial charge in [0, 0.05) is 45.1 Å². The summed E-state index contributed by atoms with van der Waals surface area (Å²) in [4.78, 5) is 15.2. The lowest BCUT2D eigenvalue weighted by atomic mass is 10.2. The van der Waals surface area contributed by atoms with Crippen LogP contribution in [0.1, 0.15) is 21.7 Å². The van der Waals surface area contributed by atoms with Gasteiger partial charge in [-0.15, -0.1) is 0 Å². The molecular weight excluding hydrogens is 432 g/mol. The van der Waals surface area contributed by atoms with Crippen LogP contribution >= 0.6 is 0 Å². The second-order valence-electron chi connectivity index (χ2n) is 7.73. The third-order valence-corrected chi connectivity index (χ3v) is 7.31. The zero-order chi connectivity index (χ0) is 23.0. The van der Waals surface area contributed by atoms with Gasteiger partial charge in [0.15, 0.2) is 0 Å². The number of sulfonamides is 1. The second-order valence-corrected chi connectivity index (χ2v) is 9.58. The molecule has 0 radical (unpaired) electrons. The van der Waals surface area contributed by atoms with Crippen LogP contribution in [0.25, 0.3) is 0 Å². The van der Waals surface area contributed by atoms with Gasteiger partial charge in [-0.25, -0.2) is 13.1 Å². The number of anilines is 1. The molecule has 11 heteroatoms. The molecule has 1 fully saturated rings. The number of nitrogens with zero attached hydrogens (tertiary/aromatic N) is 6. The zero-order valence-electron chi connectivity index (χ0n) is 18.5. The Hall–Kier alpha value is -3.18. The van der Waals surface area contributed by atoms with Crippen LogP contribution in [-0.4, -0.2) is 71.5 Å². The average Bonchev–Trinajstić information content (AvgIpc) is 3.35. The Balaban J connectivity index is 1.59. The van der Waals surface area contributed by atoms with Crippen molar-refractivity contribution >= 4 is 21.6 Å². The van der Waals surface area contributed by atoms with Crippen molar-refractivity contribution in [1.29, 1.82) is 0 Å².